The highest BCUT2D eigenvalue weighted by molar-refractivity contribution is 5.56. The molecule has 2 fully saturated rings. The number of rotatable bonds is 6. The zero-order chi connectivity index (χ0) is 18.5. The SMILES string of the molecule is COCCCn1c(-c2cccnc2)nnc1N1CCC2(CCCCC2)CC1. The van der Waals surface area contributed by atoms with E-state index in [0.29, 0.717) is 5.41 Å². The molecular formula is C21H31N5O. The first-order chi connectivity index (χ1) is 13.3. The van der Waals surface area contributed by atoms with Crippen molar-refractivity contribution < 1.29 is 4.74 Å². The maximum atomic E-state index is 5.27. The molecule has 0 bridgehead atoms. The van der Waals surface area contributed by atoms with Gasteiger partial charge in [-0.2, -0.15) is 0 Å². The first-order valence-electron chi connectivity index (χ1n) is 10.4. The predicted molar refractivity (Wildman–Crippen MR) is 107 cm³/mol. The van der Waals surface area contributed by atoms with Gasteiger partial charge in [0.15, 0.2) is 5.82 Å². The summed E-state index contributed by atoms with van der Waals surface area (Å²) in [5, 5.41) is 9.13. The summed E-state index contributed by atoms with van der Waals surface area (Å²) < 4.78 is 7.52. The standard InChI is InChI=1S/C21H31N5O/c1-27-16-6-13-26-19(18-7-5-12-22-17-18)23-24-20(26)25-14-10-21(11-15-25)8-3-2-4-9-21/h5,7,12,17H,2-4,6,8-11,13-16H2,1H3. The van der Waals surface area contributed by atoms with Gasteiger partial charge in [-0.3, -0.25) is 9.55 Å². The molecule has 2 aliphatic rings. The normalized spacial score (nSPS) is 19.5. The molecule has 1 aliphatic carbocycles. The number of methoxy groups -OCH3 is 1. The molecule has 0 unspecified atom stereocenters. The lowest BCUT2D eigenvalue weighted by atomic mass is 9.68. The second kappa shape index (κ2) is 8.38. The second-order valence-corrected chi connectivity index (χ2v) is 8.11. The van der Waals surface area contributed by atoms with Crippen molar-refractivity contribution in [2.45, 2.75) is 57.9 Å². The van der Waals surface area contributed by atoms with Crippen LogP contribution in [-0.2, 0) is 11.3 Å². The van der Waals surface area contributed by atoms with E-state index < -0.39 is 0 Å². The Morgan fingerprint density at radius 1 is 1.07 bits per heavy atom. The van der Waals surface area contributed by atoms with Crippen molar-refractivity contribution in [1.82, 2.24) is 19.7 Å². The fourth-order valence-corrected chi connectivity index (χ4v) is 4.79. The molecule has 146 valence electrons. The molecule has 4 rings (SSSR count). The van der Waals surface area contributed by atoms with Crippen LogP contribution in [0.15, 0.2) is 24.5 Å². The minimum absolute atomic E-state index is 0.599. The lowest BCUT2D eigenvalue weighted by Gasteiger charge is -2.44. The maximum Gasteiger partial charge on any atom is 0.227 e. The van der Waals surface area contributed by atoms with Crippen LogP contribution in [0.3, 0.4) is 0 Å². The maximum absolute atomic E-state index is 5.27. The molecule has 1 spiro atoms. The molecule has 6 heteroatoms. The van der Waals surface area contributed by atoms with E-state index in [1.54, 1.807) is 13.3 Å². The Kier molecular flexibility index (Phi) is 5.72. The molecule has 0 amide bonds. The van der Waals surface area contributed by atoms with Crippen LogP contribution in [0.5, 0.6) is 0 Å². The Hall–Kier alpha value is -1.95. The second-order valence-electron chi connectivity index (χ2n) is 8.11. The number of hydrogen-bond donors (Lipinski definition) is 0. The van der Waals surface area contributed by atoms with E-state index in [0.717, 1.165) is 50.0 Å². The van der Waals surface area contributed by atoms with Crippen molar-refractivity contribution in [3.05, 3.63) is 24.5 Å². The summed E-state index contributed by atoms with van der Waals surface area (Å²) in [6, 6.07) is 4.01. The monoisotopic (exact) mass is 369 g/mol. The van der Waals surface area contributed by atoms with Gasteiger partial charge < -0.3 is 9.64 Å². The molecular weight excluding hydrogens is 338 g/mol. The summed E-state index contributed by atoms with van der Waals surface area (Å²) in [6.07, 6.45) is 14.3. The summed E-state index contributed by atoms with van der Waals surface area (Å²) in [5.41, 5.74) is 1.62. The van der Waals surface area contributed by atoms with Crippen LogP contribution < -0.4 is 4.90 Å². The molecule has 1 saturated heterocycles. The minimum atomic E-state index is 0.599. The number of aromatic nitrogens is 4. The van der Waals surface area contributed by atoms with Crippen LogP contribution in [0, 0.1) is 5.41 Å². The number of nitrogens with zero attached hydrogens (tertiary/aromatic N) is 5. The predicted octanol–water partition coefficient (Wildman–Crippen LogP) is 3.93. The van der Waals surface area contributed by atoms with E-state index in [2.05, 4.69) is 30.7 Å². The van der Waals surface area contributed by atoms with Crippen LogP contribution in [0.4, 0.5) is 5.95 Å². The topological polar surface area (TPSA) is 56.1 Å². The van der Waals surface area contributed by atoms with Gasteiger partial charge in [0.1, 0.15) is 0 Å². The Bertz CT molecular complexity index is 713. The summed E-state index contributed by atoms with van der Waals surface area (Å²) in [5.74, 6) is 1.92. The number of piperidine rings is 1. The van der Waals surface area contributed by atoms with Crippen LogP contribution in [0.25, 0.3) is 11.4 Å². The lowest BCUT2D eigenvalue weighted by molar-refractivity contribution is 0.143. The van der Waals surface area contributed by atoms with E-state index in [1.165, 1.54) is 44.9 Å². The zero-order valence-corrected chi connectivity index (χ0v) is 16.4. The van der Waals surface area contributed by atoms with Crippen LogP contribution in [0.1, 0.15) is 51.4 Å². The molecule has 2 aromatic heterocycles. The average Bonchev–Trinajstić information content (AvgIpc) is 3.14. The Morgan fingerprint density at radius 3 is 2.59 bits per heavy atom. The fraction of sp³-hybridized carbons (Fsp3) is 0.667. The molecule has 0 aromatic carbocycles. The molecule has 27 heavy (non-hydrogen) atoms. The van der Waals surface area contributed by atoms with Crippen LogP contribution in [-0.4, -0.2) is 46.6 Å². The smallest absolute Gasteiger partial charge is 0.227 e. The first kappa shape index (κ1) is 18.4. The van der Waals surface area contributed by atoms with Gasteiger partial charge in [0.05, 0.1) is 0 Å². The van der Waals surface area contributed by atoms with Crippen molar-refractivity contribution in [1.29, 1.82) is 0 Å². The summed E-state index contributed by atoms with van der Waals surface area (Å²) in [7, 11) is 1.75. The third kappa shape index (κ3) is 4.00. The number of anilines is 1. The van der Waals surface area contributed by atoms with Crippen LogP contribution in [0.2, 0.25) is 0 Å². The van der Waals surface area contributed by atoms with Gasteiger partial charge >= 0.3 is 0 Å². The molecule has 1 aliphatic heterocycles. The van der Waals surface area contributed by atoms with E-state index in [1.807, 2.05) is 12.3 Å². The fourth-order valence-electron chi connectivity index (χ4n) is 4.79. The van der Waals surface area contributed by atoms with E-state index in [4.69, 9.17) is 4.74 Å². The first-order valence-corrected chi connectivity index (χ1v) is 10.4. The average molecular weight is 370 g/mol. The van der Waals surface area contributed by atoms with Gasteiger partial charge in [-0.1, -0.05) is 19.3 Å². The van der Waals surface area contributed by atoms with Crippen molar-refractivity contribution in [2.75, 3.05) is 31.7 Å². The van der Waals surface area contributed by atoms with Gasteiger partial charge in [0.25, 0.3) is 0 Å². The van der Waals surface area contributed by atoms with Crippen molar-refractivity contribution in [3.8, 4) is 11.4 Å². The highest BCUT2D eigenvalue weighted by Gasteiger charge is 2.36. The summed E-state index contributed by atoms with van der Waals surface area (Å²) >= 11 is 0. The van der Waals surface area contributed by atoms with Crippen molar-refractivity contribution in [2.24, 2.45) is 5.41 Å². The Morgan fingerprint density at radius 2 is 1.89 bits per heavy atom. The van der Waals surface area contributed by atoms with Crippen LogP contribution >= 0.6 is 0 Å². The van der Waals surface area contributed by atoms with E-state index in [9.17, 15) is 0 Å². The number of pyridine rings is 1. The van der Waals surface area contributed by atoms with Gasteiger partial charge in [0, 0.05) is 51.3 Å². The Balaban J connectivity index is 1.54. The van der Waals surface area contributed by atoms with Gasteiger partial charge in [-0.05, 0) is 49.7 Å². The molecule has 0 N–H and O–H groups in total. The third-order valence-corrected chi connectivity index (χ3v) is 6.40. The molecule has 1 saturated carbocycles. The highest BCUT2D eigenvalue weighted by Crippen LogP contribution is 2.45. The van der Waals surface area contributed by atoms with E-state index in [-0.39, 0.29) is 0 Å². The summed E-state index contributed by atoms with van der Waals surface area (Å²) in [6.45, 7) is 3.79. The molecule has 3 heterocycles. The largest absolute Gasteiger partial charge is 0.385 e. The van der Waals surface area contributed by atoms with Gasteiger partial charge in [-0.25, -0.2) is 0 Å². The van der Waals surface area contributed by atoms with Gasteiger partial charge in [0.2, 0.25) is 5.95 Å². The summed E-state index contributed by atoms with van der Waals surface area (Å²) in [4.78, 5) is 6.70. The molecule has 0 radical (unpaired) electrons. The molecule has 0 atom stereocenters. The number of hydrogen-bond acceptors (Lipinski definition) is 5. The zero-order valence-electron chi connectivity index (χ0n) is 16.4. The van der Waals surface area contributed by atoms with Crippen molar-refractivity contribution in [3.63, 3.8) is 0 Å². The number of ether oxygens (including phenoxy) is 1. The quantitative estimate of drug-likeness (QED) is 0.722. The van der Waals surface area contributed by atoms with Gasteiger partial charge in [-0.15, -0.1) is 10.2 Å². The third-order valence-electron chi connectivity index (χ3n) is 6.40. The minimum Gasteiger partial charge on any atom is -0.385 e. The molecule has 2 aromatic rings. The Labute approximate surface area is 162 Å². The highest BCUT2D eigenvalue weighted by atomic mass is 16.5. The van der Waals surface area contributed by atoms with Crippen molar-refractivity contribution >= 4 is 5.95 Å². The van der Waals surface area contributed by atoms with E-state index >= 15 is 0 Å². The lowest BCUT2D eigenvalue weighted by Crippen LogP contribution is -2.42. The molecule has 6 nitrogen and oxygen atoms in total.